The standard InChI is InChI=1S/C5H5F3N2O2/c1-10-2-3(9-4(10)11)12-5(6,7)8/h2H2,1H3. The highest BCUT2D eigenvalue weighted by Crippen LogP contribution is 2.18. The van der Waals surface area contributed by atoms with Crippen molar-refractivity contribution < 1.29 is 22.7 Å². The number of ether oxygens (including phenoxy) is 1. The van der Waals surface area contributed by atoms with E-state index in [-0.39, 0.29) is 6.54 Å². The summed E-state index contributed by atoms with van der Waals surface area (Å²) in [5.41, 5.74) is 0. The normalized spacial score (nSPS) is 18.2. The molecule has 0 saturated heterocycles. The molecular formula is C5H5F3N2O2. The maximum absolute atomic E-state index is 11.5. The summed E-state index contributed by atoms with van der Waals surface area (Å²) in [6.07, 6.45) is -4.77. The first-order valence-corrected chi connectivity index (χ1v) is 2.97. The van der Waals surface area contributed by atoms with Crippen molar-refractivity contribution in [2.75, 3.05) is 13.6 Å². The number of nitrogens with zero attached hydrogens (tertiary/aromatic N) is 2. The van der Waals surface area contributed by atoms with Crippen molar-refractivity contribution in [2.45, 2.75) is 6.36 Å². The van der Waals surface area contributed by atoms with Crippen LogP contribution in [0.3, 0.4) is 0 Å². The van der Waals surface area contributed by atoms with Gasteiger partial charge in [-0.3, -0.25) is 0 Å². The van der Waals surface area contributed by atoms with Crippen LogP contribution in [0.2, 0.25) is 0 Å². The van der Waals surface area contributed by atoms with Gasteiger partial charge in [-0.2, -0.15) is 4.99 Å². The van der Waals surface area contributed by atoms with E-state index in [1.807, 2.05) is 0 Å². The molecule has 0 aromatic heterocycles. The number of rotatable bonds is 0. The maximum atomic E-state index is 11.5. The molecule has 1 aliphatic heterocycles. The van der Waals surface area contributed by atoms with Gasteiger partial charge in [0.25, 0.3) is 0 Å². The van der Waals surface area contributed by atoms with E-state index in [1.54, 1.807) is 0 Å². The zero-order chi connectivity index (χ0) is 9.35. The van der Waals surface area contributed by atoms with E-state index in [0.29, 0.717) is 0 Å². The first kappa shape index (κ1) is 8.82. The first-order chi connectivity index (χ1) is 5.38. The van der Waals surface area contributed by atoms with Gasteiger partial charge in [-0.25, -0.2) is 4.79 Å². The Kier molecular flexibility index (Phi) is 1.95. The van der Waals surface area contributed by atoms with Crippen molar-refractivity contribution >= 4 is 11.9 Å². The molecule has 0 atom stereocenters. The molecule has 2 amide bonds. The van der Waals surface area contributed by atoms with Gasteiger partial charge < -0.3 is 9.64 Å². The van der Waals surface area contributed by atoms with Crippen LogP contribution in [-0.4, -0.2) is 36.8 Å². The van der Waals surface area contributed by atoms with E-state index in [9.17, 15) is 18.0 Å². The molecule has 0 aromatic rings. The van der Waals surface area contributed by atoms with Crippen molar-refractivity contribution in [1.82, 2.24) is 4.90 Å². The summed E-state index contributed by atoms with van der Waals surface area (Å²) in [5.74, 6) is -0.616. The van der Waals surface area contributed by atoms with E-state index in [4.69, 9.17) is 0 Å². The Labute approximate surface area is 65.6 Å². The lowest BCUT2D eigenvalue weighted by Crippen LogP contribution is -2.25. The first-order valence-electron chi connectivity index (χ1n) is 2.97. The number of carbonyl (C=O) groups is 1. The third-order valence-electron chi connectivity index (χ3n) is 1.15. The van der Waals surface area contributed by atoms with Gasteiger partial charge in [-0.1, -0.05) is 0 Å². The zero-order valence-corrected chi connectivity index (χ0v) is 6.05. The van der Waals surface area contributed by atoms with Crippen LogP contribution in [0.1, 0.15) is 0 Å². The molecule has 1 aliphatic rings. The van der Waals surface area contributed by atoms with Gasteiger partial charge in [0.2, 0.25) is 5.90 Å². The lowest BCUT2D eigenvalue weighted by atomic mass is 10.6. The summed E-state index contributed by atoms with van der Waals surface area (Å²) in [6.45, 7) is -0.238. The number of urea groups is 1. The lowest BCUT2D eigenvalue weighted by molar-refractivity contribution is -0.283. The molecular weight excluding hydrogens is 177 g/mol. The predicted molar refractivity (Wildman–Crippen MR) is 32.6 cm³/mol. The van der Waals surface area contributed by atoms with Crippen LogP contribution in [0, 0.1) is 0 Å². The fourth-order valence-corrected chi connectivity index (χ4v) is 0.687. The molecule has 0 bridgehead atoms. The van der Waals surface area contributed by atoms with Gasteiger partial charge in [0.1, 0.15) is 0 Å². The van der Waals surface area contributed by atoms with Gasteiger partial charge >= 0.3 is 12.4 Å². The number of alkyl halides is 3. The van der Waals surface area contributed by atoms with Gasteiger partial charge in [0, 0.05) is 7.05 Å². The second-order valence-electron chi connectivity index (χ2n) is 2.19. The highest BCUT2D eigenvalue weighted by molar-refractivity contribution is 5.98. The molecule has 7 heteroatoms. The Morgan fingerprint density at radius 1 is 1.58 bits per heavy atom. The topological polar surface area (TPSA) is 41.9 Å². The largest absolute Gasteiger partial charge is 0.574 e. The summed E-state index contributed by atoms with van der Waals surface area (Å²) >= 11 is 0. The lowest BCUT2D eigenvalue weighted by Gasteiger charge is -2.08. The number of hydrogen-bond donors (Lipinski definition) is 0. The summed E-state index contributed by atoms with van der Waals surface area (Å²) in [4.78, 5) is 14.6. The van der Waals surface area contributed by atoms with Crippen LogP contribution in [0.5, 0.6) is 0 Å². The molecule has 0 spiro atoms. The molecule has 0 unspecified atom stereocenters. The van der Waals surface area contributed by atoms with Crippen LogP contribution >= 0.6 is 0 Å². The minimum atomic E-state index is -4.77. The zero-order valence-electron chi connectivity index (χ0n) is 6.05. The number of halogens is 3. The van der Waals surface area contributed by atoms with Crippen LogP contribution in [-0.2, 0) is 4.74 Å². The third kappa shape index (κ3) is 2.11. The molecule has 0 N–H and O–H groups in total. The van der Waals surface area contributed by atoms with E-state index in [2.05, 4.69) is 9.73 Å². The number of carbonyl (C=O) groups excluding carboxylic acids is 1. The fourth-order valence-electron chi connectivity index (χ4n) is 0.687. The summed E-state index contributed by atoms with van der Waals surface area (Å²) in [7, 11) is 1.33. The molecule has 0 saturated carbocycles. The van der Waals surface area contributed by atoms with Gasteiger partial charge in [-0.05, 0) is 0 Å². The number of amides is 2. The second-order valence-corrected chi connectivity index (χ2v) is 2.19. The summed E-state index contributed by atoms with van der Waals surface area (Å²) in [5, 5.41) is 0. The minimum Gasteiger partial charge on any atom is -0.390 e. The van der Waals surface area contributed by atoms with E-state index in [1.165, 1.54) is 7.05 Å². The van der Waals surface area contributed by atoms with E-state index in [0.717, 1.165) is 4.90 Å². The van der Waals surface area contributed by atoms with Crippen molar-refractivity contribution in [3.63, 3.8) is 0 Å². The van der Waals surface area contributed by atoms with Crippen LogP contribution in [0.25, 0.3) is 0 Å². The van der Waals surface area contributed by atoms with Crippen molar-refractivity contribution in [3.8, 4) is 0 Å². The molecule has 0 aromatic carbocycles. The Balaban J connectivity index is 2.57. The minimum absolute atomic E-state index is 0.238. The van der Waals surface area contributed by atoms with Crippen molar-refractivity contribution in [2.24, 2.45) is 4.99 Å². The number of aliphatic imine (C=N–C) groups is 1. The van der Waals surface area contributed by atoms with E-state index >= 15 is 0 Å². The molecule has 12 heavy (non-hydrogen) atoms. The highest BCUT2D eigenvalue weighted by atomic mass is 19.4. The Morgan fingerprint density at radius 2 is 2.17 bits per heavy atom. The summed E-state index contributed by atoms with van der Waals surface area (Å²) < 4.78 is 38.0. The van der Waals surface area contributed by atoms with Gasteiger partial charge in [-0.15, -0.1) is 13.2 Å². The Hall–Kier alpha value is -1.27. The summed E-state index contributed by atoms with van der Waals surface area (Å²) in [6, 6.07) is -0.728. The highest BCUT2D eigenvalue weighted by Gasteiger charge is 2.35. The fraction of sp³-hybridized carbons (Fsp3) is 0.600. The predicted octanol–water partition coefficient (Wildman–Crippen LogP) is 0.987. The van der Waals surface area contributed by atoms with Crippen LogP contribution < -0.4 is 0 Å². The Morgan fingerprint density at radius 3 is 2.50 bits per heavy atom. The van der Waals surface area contributed by atoms with Crippen molar-refractivity contribution in [3.05, 3.63) is 0 Å². The van der Waals surface area contributed by atoms with Gasteiger partial charge in [0.15, 0.2) is 0 Å². The number of hydrogen-bond acceptors (Lipinski definition) is 2. The molecule has 0 aliphatic carbocycles. The van der Waals surface area contributed by atoms with Gasteiger partial charge in [0.05, 0.1) is 6.54 Å². The SMILES string of the molecule is CN1CC(OC(F)(F)F)=NC1=O. The molecule has 4 nitrogen and oxygen atoms in total. The Bertz CT molecular complexity index is 235. The average Bonchev–Trinajstić information content (AvgIpc) is 2.07. The smallest absolute Gasteiger partial charge is 0.390 e. The van der Waals surface area contributed by atoms with Crippen molar-refractivity contribution in [1.29, 1.82) is 0 Å². The average molecular weight is 182 g/mol. The molecule has 0 radical (unpaired) electrons. The van der Waals surface area contributed by atoms with Crippen LogP contribution in [0.4, 0.5) is 18.0 Å². The second kappa shape index (κ2) is 2.65. The monoisotopic (exact) mass is 182 g/mol. The quantitative estimate of drug-likeness (QED) is 0.560. The van der Waals surface area contributed by atoms with E-state index < -0.39 is 18.3 Å². The third-order valence-corrected chi connectivity index (χ3v) is 1.15. The molecule has 68 valence electrons. The van der Waals surface area contributed by atoms with Crippen LogP contribution in [0.15, 0.2) is 4.99 Å². The molecule has 1 heterocycles. The maximum Gasteiger partial charge on any atom is 0.574 e. The molecule has 0 fully saturated rings. The number of likely N-dealkylation sites (N-methyl/N-ethyl adjacent to an activating group) is 1. The molecule has 1 rings (SSSR count).